The van der Waals surface area contributed by atoms with Gasteiger partial charge >= 0.3 is 6.01 Å². The Labute approximate surface area is 345 Å². The highest BCUT2D eigenvalue weighted by molar-refractivity contribution is 6.01. The Morgan fingerprint density at radius 2 is 1.75 bits per heavy atom. The van der Waals surface area contributed by atoms with Crippen LogP contribution in [0.5, 0.6) is 11.8 Å². The molecule has 0 aliphatic carbocycles. The van der Waals surface area contributed by atoms with E-state index in [2.05, 4.69) is 68.9 Å². The monoisotopic (exact) mass is 808 g/mol. The molecule has 0 amide bonds. The molecule has 4 saturated heterocycles. The number of piperidine rings is 2. The number of hydrogen-bond donors (Lipinski definition) is 2. The van der Waals surface area contributed by atoms with Gasteiger partial charge in [0.2, 0.25) is 0 Å². The number of rotatable bonds is 12. The van der Waals surface area contributed by atoms with Crippen LogP contribution in [0, 0.1) is 17.7 Å². The third-order valence-corrected chi connectivity index (χ3v) is 13.8. The summed E-state index contributed by atoms with van der Waals surface area (Å²) in [5.41, 5.74) is 0.669. The maximum atomic E-state index is 17.0. The highest BCUT2D eigenvalue weighted by atomic mass is 19.1. The van der Waals surface area contributed by atoms with E-state index in [9.17, 15) is 5.11 Å². The van der Waals surface area contributed by atoms with Gasteiger partial charge in [-0.1, -0.05) is 51.1 Å². The predicted molar refractivity (Wildman–Crippen MR) is 228 cm³/mol. The average molecular weight is 809 g/mol. The molecule has 59 heavy (non-hydrogen) atoms. The molecule has 4 aliphatic rings. The minimum Gasteiger partial charge on any atom is -0.508 e. The van der Waals surface area contributed by atoms with E-state index in [-0.39, 0.29) is 23.0 Å². The number of nitrogens with one attached hydrogen (secondary N) is 1. The number of ether oxygens (including phenoxy) is 1. The van der Waals surface area contributed by atoms with Gasteiger partial charge in [0.1, 0.15) is 40.8 Å². The van der Waals surface area contributed by atoms with Crippen molar-refractivity contribution >= 4 is 33.3 Å². The lowest BCUT2D eigenvalue weighted by Gasteiger charge is -2.40. The fourth-order valence-electron chi connectivity index (χ4n) is 9.96. The molecule has 5 aromatic rings. The van der Waals surface area contributed by atoms with Gasteiger partial charge in [-0.15, -0.1) is 0 Å². The lowest BCUT2D eigenvalue weighted by molar-refractivity contribution is 0.0288. The average Bonchev–Trinajstić information content (AvgIpc) is 3.86. The summed E-state index contributed by atoms with van der Waals surface area (Å²) in [5, 5.41) is 20.9. The van der Waals surface area contributed by atoms with Crippen LogP contribution in [-0.4, -0.2) is 100 Å². The third-order valence-electron chi connectivity index (χ3n) is 13.8. The van der Waals surface area contributed by atoms with Gasteiger partial charge in [0.05, 0.1) is 5.39 Å². The predicted octanol–water partition coefficient (Wildman–Crippen LogP) is 8.43. The zero-order valence-corrected chi connectivity index (χ0v) is 34.9. The molecule has 2 aromatic carbocycles. The van der Waals surface area contributed by atoms with Gasteiger partial charge in [0, 0.05) is 81.6 Å². The van der Waals surface area contributed by atoms with Crippen LogP contribution in [-0.2, 0) is 6.42 Å². The van der Waals surface area contributed by atoms with Crippen LogP contribution >= 0.6 is 0 Å². The quantitative estimate of drug-likeness (QED) is 0.127. The van der Waals surface area contributed by atoms with Crippen molar-refractivity contribution in [1.29, 1.82) is 0 Å². The first-order chi connectivity index (χ1) is 28.5. The molecule has 3 aromatic heterocycles. The van der Waals surface area contributed by atoms with E-state index in [1.165, 1.54) is 0 Å². The molecule has 11 nitrogen and oxygen atoms in total. The van der Waals surface area contributed by atoms with Crippen LogP contribution in [0.2, 0.25) is 0 Å². The zero-order chi connectivity index (χ0) is 40.8. The summed E-state index contributed by atoms with van der Waals surface area (Å²) >= 11 is 0. The molecule has 2 bridgehead atoms. The number of pyridine rings is 1. The summed E-state index contributed by atoms with van der Waals surface area (Å²) in [6.45, 7) is 14.1. The Morgan fingerprint density at radius 3 is 2.47 bits per heavy atom. The molecule has 4 aliphatic heterocycles. The van der Waals surface area contributed by atoms with Gasteiger partial charge in [-0.05, 0) is 91.7 Å². The fourth-order valence-corrected chi connectivity index (χ4v) is 9.96. The van der Waals surface area contributed by atoms with E-state index >= 15 is 8.78 Å². The first-order valence-corrected chi connectivity index (χ1v) is 21.9. The van der Waals surface area contributed by atoms with Crippen molar-refractivity contribution in [1.82, 2.24) is 30.3 Å². The lowest BCUT2D eigenvalue weighted by atomic mass is 9.80. The number of aromatic nitrogens is 4. The summed E-state index contributed by atoms with van der Waals surface area (Å²) < 4.78 is 45.2. The number of nitrogens with zero attached hydrogens (tertiary/aromatic N) is 7. The van der Waals surface area contributed by atoms with E-state index in [0.29, 0.717) is 92.1 Å². The molecule has 0 radical (unpaired) electrons. The van der Waals surface area contributed by atoms with E-state index in [1.807, 2.05) is 18.2 Å². The summed E-state index contributed by atoms with van der Waals surface area (Å²) in [6, 6.07) is 12.1. The Bertz CT molecular complexity index is 2270. The molecule has 0 spiro atoms. The Hall–Kier alpha value is -4.62. The Kier molecular flexibility index (Phi) is 11.1. The van der Waals surface area contributed by atoms with Crippen LogP contribution in [0.3, 0.4) is 0 Å². The fraction of sp³-hybridized carbons (Fsp3) is 0.565. The Balaban J connectivity index is 0.868. The van der Waals surface area contributed by atoms with E-state index < -0.39 is 11.5 Å². The third kappa shape index (κ3) is 8.16. The largest absolute Gasteiger partial charge is 0.508 e. The van der Waals surface area contributed by atoms with Gasteiger partial charge in [-0.2, -0.15) is 9.97 Å². The van der Waals surface area contributed by atoms with Crippen LogP contribution in [0.4, 0.5) is 20.4 Å². The number of phenols is 1. The van der Waals surface area contributed by atoms with E-state index in [1.54, 1.807) is 18.3 Å². The maximum Gasteiger partial charge on any atom is 0.319 e. The number of piperazine rings is 1. The molecule has 0 saturated carbocycles. The van der Waals surface area contributed by atoms with Crippen molar-refractivity contribution < 1.29 is 23.1 Å². The molecule has 3 atom stereocenters. The molecular formula is C46H58F2N8O3. The lowest BCUT2D eigenvalue weighted by Crippen LogP contribution is -2.51. The van der Waals surface area contributed by atoms with Gasteiger partial charge < -0.3 is 29.5 Å². The summed E-state index contributed by atoms with van der Waals surface area (Å²) in [6.07, 6.45) is 8.10. The van der Waals surface area contributed by atoms with E-state index in [0.717, 1.165) is 86.2 Å². The second kappa shape index (κ2) is 16.4. The normalized spacial score (nSPS) is 21.9. The number of benzene rings is 2. The minimum absolute atomic E-state index is 0.0446. The number of halogens is 2. The molecule has 3 unspecified atom stereocenters. The van der Waals surface area contributed by atoms with Gasteiger partial charge in [-0.25, -0.2) is 8.78 Å². The number of alkyl halides is 1. The number of aryl methyl sites for hydroxylation is 1. The zero-order valence-electron chi connectivity index (χ0n) is 34.9. The molecule has 314 valence electrons. The maximum absolute atomic E-state index is 17.0. The van der Waals surface area contributed by atoms with Crippen LogP contribution in [0.25, 0.3) is 32.9 Å². The second-order valence-electron chi connectivity index (χ2n) is 18.0. The number of aromatic hydroxyl groups is 1. The number of anilines is 2. The highest BCUT2D eigenvalue weighted by Gasteiger charge is 2.38. The van der Waals surface area contributed by atoms with E-state index in [4.69, 9.17) is 14.2 Å². The van der Waals surface area contributed by atoms with Crippen molar-refractivity contribution in [3.05, 3.63) is 59.7 Å². The van der Waals surface area contributed by atoms with Crippen LogP contribution in [0.15, 0.2) is 47.1 Å². The standard InChI is InChI=1S/C46H58F2N8O3/c1-5-31-7-6-8-32-21-35(57)22-36(40(31)32)42-41(47)43-37(25-49-42)44(56-26-33-9-10-34(27-56)50-33)52-45(51-43)58-20-19-54-17-13-46(48,14-18-54)24-30-11-15-55(16-12-30)39-23-38(59-53-39)29(4)28(2)3/h6-8,21-23,25,28-30,33-34,50,57H,5,9-20,24,26-27H2,1-4H3. The first-order valence-electron chi connectivity index (χ1n) is 21.9. The molecule has 7 heterocycles. The van der Waals surface area contributed by atoms with Crippen molar-refractivity contribution in [3.63, 3.8) is 0 Å². The summed E-state index contributed by atoms with van der Waals surface area (Å²) in [5.74, 6) is 3.08. The van der Waals surface area contributed by atoms with Gasteiger partial charge in [0.15, 0.2) is 11.6 Å². The summed E-state index contributed by atoms with van der Waals surface area (Å²) in [7, 11) is 0. The Morgan fingerprint density at radius 1 is 0.983 bits per heavy atom. The van der Waals surface area contributed by atoms with Crippen molar-refractivity contribution in [2.24, 2.45) is 11.8 Å². The SMILES string of the molecule is CCc1cccc2cc(O)cc(-c3ncc4c(N5CC6CCC(C5)N6)nc(OCCN5CCC(F)(CC6CCN(c7cc(C(C)C(C)C)on7)CC6)CC5)nc4c3F)c12. The van der Waals surface area contributed by atoms with Crippen molar-refractivity contribution in [3.8, 4) is 23.0 Å². The molecule has 13 heteroatoms. The number of likely N-dealkylation sites (tertiary alicyclic amines) is 1. The van der Waals surface area contributed by atoms with Crippen LogP contribution < -0.4 is 19.9 Å². The van der Waals surface area contributed by atoms with Crippen molar-refractivity contribution in [2.45, 2.75) is 103 Å². The smallest absolute Gasteiger partial charge is 0.319 e. The number of phenolic OH excluding ortho intramolecular Hbond substituents is 1. The number of fused-ring (bicyclic) bond motifs is 4. The molecule has 4 fully saturated rings. The van der Waals surface area contributed by atoms with Crippen LogP contribution in [0.1, 0.15) is 89.9 Å². The molecule has 9 rings (SSSR count). The first kappa shape index (κ1) is 39.8. The highest BCUT2D eigenvalue weighted by Crippen LogP contribution is 2.40. The topological polar surface area (TPSA) is 116 Å². The van der Waals surface area contributed by atoms with Crippen molar-refractivity contribution in [2.75, 3.05) is 62.2 Å². The second-order valence-corrected chi connectivity index (χ2v) is 18.0. The summed E-state index contributed by atoms with van der Waals surface area (Å²) in [4.78, 5) is 21.0. The number of hydrogen-bond acceptors (Lipinski definition) is 11. The molecule has 2 N–H and O–H groups in total. The van der Waals surface area contributed by atoms with Gasteiger partial charge in [-0.3, -0.25) is 9.88 Å². The van der Waals surface area contributed by atoms with Gasteiger partial charge in [0.25, 0.3) is 0 Å². The molecular weight excluding hydrogens is 751 g/mol. The minimum atomic E-state index is -1.17.